The summed E-state index contributed by atoms with van der Waals surface area (Å²) in [6.07, 6.45) is 9.23. The van der Waals surface area contributed by atoms with E-state index in [1.807, 2.05) is 17.5 Å². The third-order valence-electron chi connectivity index (χ3n) is 3.89. The van der Waals surface area contributed by atoms with Gasteiger partial charge in [-0.25, -0.2) is 4.98 Å². The van der Waals surface area contributed by atoms with Crippen LogP contribution < -0.4 is 5.32 Å². The molecule has 0 amide bonds. The number of oxazole rings is 1. The maximum absolute atomic E-state index is 5.87. The summed E-state index contributed by atoms with van der Waals surface area (Å²) in [5, 5.41) is 3.49. The molecule has 1 N–H and O–H groups in total. The van der Waals surface area contributed by atoms with E-state index in [-0.39, 0.29) is 0 Å². The molecule has 0 bridgehead atoms. The van der Waals surface area contributed by atoms with Crippen molar-refractivity contribution in [3.63, 3.8) is 0 Å². The highest BCUT2D eigenvalue weighted by atomic mass is 32.1. The Kier molecular flexibility index (Phi) is 2.93. The predicted octanol–water partition coefficient (Wildman–Crippen LogP) is 3.19. The highest BCUT2D eigenvalue weighted by Crippen LogP contribution is 2.36. The molecule has 2 heterocycles. The van der Waals surface area contributed by atoms with E-state index >= 15 is 0 Å². The van der Waals surface area contributed by atoms with Gasteiger partial charge in [0.15, 0.2) is 11.7 Å². The molecule has 0 aromatic carbocycles. The van der Waals surface area contributed by atoms with E-state index in [0.717, 1.165) is 30.7 Å². The molecule has 3 nitrogen and oxygen atoms in total. The topological polar surface area (TPSA) is 38.1 Å². The van der Waals surface area contributed by atoms with Crippen molar-refractivity contribution in [3.8, 4) is 10.6 Å². The first kappa shape index (κ1) is 11.7. The number of hydrogen-bond donors (Lipinski definition) is 1. The Bertz CT molecular complexity index is 561. The quantitative estimate of drug-likeness (QED) is 0.910. The summed E-state index contributed by atoms with van der Waals surface area (Å²) in [6, 6.07) is 3.05. The molecule has 2 aromatic rings. The van der Waals surface area contributed by atoms with Gasteiger partial charge in [-0.05, 0) is 43.7 Å². The van der Waals surface area contributed by atoms with Crippen LogP contribution in [0.2, 0.25) is 0 Å². The van der Waals surface area contributed by atoms with Crippen LogP contribution in [0.5, 0.6) is 0 Å². The Morgan fingerprint density at radius 3 is 3.16 bits per heavy atom. The van der Waals surface area contributed by atoms with Gasteiger partial charge in [0.25, 0.3) is 0 Å². The number of fused-ring (bicyclic) bond motifs is 1. The van der Waals surface area contributed by atoms with Gasteiger partial charge in [0, 0.05) is 23.9 Å². The summed E-state index contributed by atoms with van der Waals surface area (Å²) in [5.74, 6) is 1.80. The minimum Gasteiger partial charge on any atom is -0.440 e. The van der Waals surface area contributed by atoms with Gasteiger partial charge in [-0.3, -0.25) is 0 Å². The van der Waals surface area contributed by atoms with Crippen LogP contribution in [0.4, 0.5) is 0 Å². The molecule has 2 aromatic heterocycles. The third kappa shape index (κ3) is 2.47. The van der Waals surface area contributed by atoms with Gasteiger partial charge in [-0.1, -0.05) is 0 Å². The molecule has 1 saturated carbocycles. The number of thiophene rings is 1. The second-order valence-corrected chi connectivity index (χ2v) is 6.65. The van der Waals surface area contributed by atoms with Gasteiger partial charge < -0.3 is 9.73 Å². The maximum Gasteiger partial charge on any atom is 0.196 e. The zero-order valence-electron chi connectivity index (χ0n) is 10.9. The minimum absolute atomic E-state index is 0.759. The molecule has 0 unspecified atom stereocenters. The molecule has 0 radical (unpaired) electrons. The zero-order valence-corrected chi connectivity index (χ0v) is 11.8. The van der Waals surface area contributed by atoms with Gasteiger partial charge in [0.2, 0.25) is 0 Å². The first-order valence-electron chi connectivity index (χ1n) is 7.18. The Morgan fingerprint density at radius 2 is 2.32 bits per heavy atom. The number of rotatable bonds is 5. The van der Waals surface area contributed by atoms with E-state index < -0.39 is 0 Å². The van der Waals surface area contributed by atoms with Crippen molar-refractivity contribution in [3.05, 3.63) is 28.6 Å². The fourth-order valence-electron chi connectivity index (χ4n) is 2.66. The van der Waals surface area contributed by atoms with Crippen LogP contribution in [-0.4, -0.2) is 17.6 Å². The van der Waals surface area contributed by atoms with Crippen molar-refractivity contribution < 1.29 is 4.42 Å². The van der Waals surface area contributed by atoms with Crippen LogP contribution in [0.3, 0.4) is 0 Å². The van der Waals surface area contributed by atoms with E-state index in [9.17, 15) is 0 Å². The molecule has 4 rings (SSSR count). The maximum atomic E-state index is 5.87. The van der Waals surface area contributed by atoms with E-state index in [0.29, 0.717) is 0 Å². The summed E-state index contributed by atoms with van der Waals surface area (Å²) < 4.78 is 5.87. The van der Waals surface area contributed by atoms with Crippen LogP contribution in [0.15, 0.2) is 16.7 Å². The van der Waals surface area contributed by atoms with Crippen LogP contribution in [0.1, 0.15) is 35.6 Å². The molecular formula is C15H18N2OS. The minimum atomic E-state index is 0.759. The summed E-state index contributed by atoms with van der Waals surface area (Å²) >= 11 is 1.88. The summed E-state index contributed by atoms with van der Waals surface area (Å²) in [4.78, 5) is 7.19. The van der Waals surface area contributed by atoms with Gasteiger partial charge >= 0.3 is 0 Å². The SMILES string of the molecule is c1nc(CCNC2CC2)oc1-c1cc2c(s1)CCC2. The van der Waals surface area contributed by atoms with E-state index in [4.69, 9.17) is 4.42 Å². The number of nitrogens with one attached hydrogen (secondary N) is 1. The standard InChI is InChI=1S/C15H18N2OS/c1-2-10-8-14(19-13(10)3-1)12-9-17-15(18-12)6-7-16-11-4-5-11/h8-9,11,16H,1-7H2. The van der Waals surface area contributed by atoms with Crippen LogP contribution in [0.25, 0.3) is 10.6 Å². The predicted molar refractivity (Wildman–Crippen MR) is 76.6 cm³/mol. The van der Waals surface area contributed by atoms with Crippen molar-refractivity contribution in [2.75, 3.05) is 6.54 Å². The lowest BCUT2D eigenvalue weighted by Gasteiger charge is -1.98. The first-order valence-corrected chi connectivity index (χ1v) is 8.00. The van der Waals surface area contributed by atoms with Crippen LogP contribution in [-0.2, 0) is 19.3 Å². The molecule has 2 aliphatic rings. The second-order valence-electron chi connectivity index (χ2n) is 5.51. The molecule has 19 heavy (non-hydrogen) atoms. The van der Waals surface area contributed by atoms with E-state index in [1.165, 1.54) is 42.5 Å². The molecule has 100 valence electrons. The number of aromatic nitrogens is 1. The molecule has 0 aliphatic heterocycles. The van der Waals surface area contributed by atoms with E-state index in [2.05, 4.69) is 16.4 Å². The van der Waals surface area contributed by atoms with Crippen molar-refractivity contribution in [1.82, 2.24) is 10.3 Å². The lowest BCUT2D eigenvalue weighted by Crippen LogP contribution is -2.19. The largest absolute Gasteiger partial charge is 0.440 e. The summed E-state index contributed by atoms with van der Waals surface area (Å²) in [7, 11) is 0. The fraction of sp³-hybridized carbons (Fsp3) is 0.533. The Balaban J connectivity index is 1.44. The second kappa shape index (κ2) is 4.76. The Labute approximate surface area is 117 Å². The van der Waals surface area contributed by atoms with Crippen molar-refractivity contribution in [1.29, 1.82) is 0 Å². The molecule has 0 spiro atoms. The van der Waals surface area contributed by atoms with Crippen LogP contribution >= 0.6 is 11.3 Å². The molecule has 1 fully saturated rings. The van der Waals surface area contributed by atoms with Crippen molar-refractivity contribution >= 4 is 11.3 Å². The molecule has 0 saturated heterocycles. The van der Waals surface area contributed by atoms with Gasteiger partial charge in [-0.15, -0.1) is 11.3 Å². The highest BCUT2D eigenvalue weighted by molar-refractivity contribution is 7.15. The Morgan fingerprint density at radius 1 is 1.37 bits per heavy atom. The summed E-state index contributed by atoms with van der Waals surface area (Å²) in [5.41, 5.74) is 1.52. The lowest BCUT2D eigenvalue weighted by atomic mass is 10.2. The Hall–Kier alpha value is -1.13. The molecule has 2 aliphatic carbocycles. The third-order valence-corrected chi connectivity index (χ3v) is 5.14. The smallest absolute Gasteiger partial charge is 0.196 e. The average Bonchev–Trinajstić information content (AvgIpc) is 2.80. The molecule has 0 atom stereocenters. The zero-order chi connectivity index (χ0) is 12.7. The normalized spacial score (nSPS) is 17.9. The molecule has 4 heteroatoms. The number of aryl methyl sites for hydroxylation is 2. The van der Waals surface area contributed by atoms with E-state index in [1.54, 1.807) is 4.88 Å². The lowest BCUT2D eigenvalue weighted by molar-refractivity contribution is 0.495. The van der Waals surface area contributed by atoms with Gasteiger partial charge in [0.1, 0.15) is 0 Å². The van der Waals surface area contributed by atoms with Crippen LogP contribution in [0, 0.1) is 0 Å². The average molecular weight is 274 g/mol. The number of hydrogen-bond acceptors (Lipinski definition) is 4. The van der Waals surface area contributed by atoms with Gasteiger partial charge in [-0.2, -0.15) is 0 Å². The van der Waals surface area contributed by atoms with Crippen molar-refractivity contribution in [2.45, 2.75) is 44.6 Å². The summed E-state index contributed by atoms with van der Waals surface area (Å²) in [6.45, 7) is 0.978. The number of nitrogens with zero attached hydrogens (tertiary/aromatic N) is 1. The first-order chi connectivity index (χ1) is 9.38. The van der Waals surface area contributed by atoms with Gasteiger partial charge in [0.05, 0.1) is 11.1 Å². The highest BCUT2D eigenvalue weighted by Gasteiger charge is 2.20. The fourth-order valence-corrected chi connectivity index (χ4v) is 3.86. The van der Waals surface area contributed by atoms with Crippen molar-refractivity contribution in [2.24, 2.45) is 0 Å². The molecular weight excluding hydrogens is 256 g/mol. The monoisotopic (exact) mass is 274 g/mol.